The number of aromatic nitrogens is 2. The molecule has 2 aromatic rings. The van der Waals surface area contributed by atoms with E-state index in [0.717, 1.165) is 11.3 Å². The predicted molar refractivity (Wildman–Crippen MR) is 79.1 cm³/mol. The van der Waals surface area contributed by atoms with Crippen LogP contribution < -0.4 is 5.73 Å². The average Bonchev–Trinajstić information content (AvgIpc) is 3.10. The van der Waals surface area contributed by atoms with Crippen molar-refractivity contribution in [1.82, 2.24) is 9.55 Å². The Labute approximate surface area is 114 Å². The summed E-state index contributed by atoms with van der Waals surface area (Å²) in [5, 5.41) is 0. The van der Waals surface area contributed by atoms with Crippen molar-refractivity contribution in [2.45, 2.75) is 52.1 Å². The normalized spacial score (nSPS) is 19.1. The number of nitrogens with two attached hydrogens (primary N) is 1. The Bertz CT molecular complexity index is 618. The van der Waals surface area contributed by atoms with Crippen LogP contribution in [0.1, 0.15) is 51.0 Å². The first kappa shape index (κ1) is 12.7. The number of nitrogens with zero attached hydrogens (tertiary/aromatic N) is 2. The lowest BCUT2D eigenvalue weighted by molar-refractivity contribution is 0.373. The largest absolute Gasteiger partial charge is 0.324 e. The standard InChI is InChI=1S/C16H23N3/c1-10(2)19-14-8-5-11(3)9-13(14)18-15(19)16(4,17)12-6-7-12/h5,8-10,12H,6-7,17H2,1-4H3. The maximum absolute atomic E-state index is 6.60. The summed E-state index contributed by atoms with van der Waals surface area (Å²) >= 11 is 0. The first-order chi connectivity index (χ1) is 8.91. The summed E-state index contributed by atoms with van der Waals surface area (Å²) in [6, 6.07) is 6.85. The van der Waals surface area contributed by atoms with Gasteiger partial charge in [-0.25, -0.2) is 4.98 Å². The van der Waals surface area contributed by atoms with Gasteiger partial charge in [0.25, 0.3) is 0 Å². The molecule has 2 N–H and O–H groups in total. The van der Waals surface area contributed by atoms with E-state index in [0.29, 0.717) is 12.0 Å². The van der Waals surface area contributed by atoms with E-state index in [1.54, 1.807) is 0 Å². The van der Waals surface area contributed by atoms with Gasteiger partial charge in [-0.15, -0.1) is 0 Å². The molecule has 1 atom stereocenters. The number of hydrogen-bond donors (Lipinski definition) is 1. The topological polar surface area (TPSA) is 43.8 Å². The van der Waals surface area contributed by atoms with Crippen molar-refractivity contribution in [2.75, 3.05) is 0 Å². The van der Waals surface area contributed by atoms with Crippen LogP contribution >= 0.6 is 0 Å². The van der Waals surface area contributed by atoms with Crippen molar-refractivity contribution in [2.24, 2.45) is 11.7 Å². The predicted octanol–water partition coefficient (Wildman–Crippen LogP) is 3.51. The molecule has 1 aromatic heterocycles. The third-order valence-corrected chi connectivity index (χ3v) is 4.27. The van der Waals surface area contributed by atoms with E-state index >= 15 is 0 Å². The van der Waals surface area contributed by atoms with Gasteiger partial charge in [-0.2, -0.15) is 0 Å². The SMILES string of the molecule is Cc1ccc2c(c1)nc(C(C)(N)C1CC1)n2C(C)C. The van der Waals surface area contributed by atoms with Gasteiger partial charge in [0, 0.05) is 6.04 Å². The molecule has 19 heavy (non-hydrogen) atoms. The fraction of sp³-hybridized carbons (Fsp3) is 0.562. The fourth-order valence-corrected chi connectivity index (χ4v) is 2.98. The van der Waals surface area contributed by atoms with E-state index < -0.39 is 0 Å². The number of rotatable bonds is 3. The second-order valence-electron chi connectivity index (χ2n) is 6.45. The molecule has 0 amide bonds. The number of imidazole rings is 1. The Morgan fingerprint density at radius 1 is 1.37 bits per heavy atom. The van der Waals surface area contributed by atoms with Crippen molar-refractivity contribution in [3.8, 4) is 0 Å². The average molecular weight is 257 g/mol. The minimum absolute atomic E-state index is 0.308. The Balaban J connectivity index is 2.25. The van der Waals surface area contributed by atoms with Gasteiger partial charge in [-0.3, -0.25) is 0 Å². The lowest BCUT2D eigenvalue weighted by Crippen LogP contribution is -2.38. The zero-order chi connectivity index (χ0) is 13.8. The van der Waals surface area contributed by atoms with Crippen molar-refractivity contribution >= 4 is 11.0 Å². The molecule has 102 valence electrons. The third-order valence-electron chi connectivity index (χ3n) is 4.27. The summed E-state index contributed by atoms with van der Waals surface area (Å²) in [6.45, 7) is 8.65. The first-order valence-electron chi connectivity index (χ1n) is 7.19. The maximum atomic E-state index is 6.60. The molecule has 3 nitrogen and oxygen atoms in total. The summed E-state index contributed by atoms with van der Waals surface area (Å²) in [7, 11) is 0. The molecule has 3 rings (SSSR count). The highest BCUT2D eigenvalue weighted by molar-refractivity contribution is 5.77. The first-order valence-corrected chi connectivity index (χ1v) is 7.19. The lowest BCUT2D eigenvalue weighted by Gasteiger charge is -2.26. The van der Waals surface area contributed by atoms with E-state index in [9.17, 15) is 0 Å². The van der Waals surface area contributed by atoms with E-state index in [1.807, 2.05) is 0 Å². The van der Waals surface area contributed by atoms with Crippen LogP contribution in [0.15, 0.2) is 18.2 Å². The second kappa shape index (κ2) is 4.07. The number of aryl methyl sites for hydroxylation is 1. The van der Waals surface area contributed by atoms with Gasteiger partial charge < -0.3 is 10.3 Å². The van der Waals surface area contributed by atoms with Gasteiger partial charge in [-0.05, 0) is 64.2 Å². The molecular formula is C16H23N3. The fourth-order valence-electron chi connectivity index (χ4n) is 2.98. The molecule has 0 saturated heterocycles. The molecule has 3 heteroatoms. The minimum atomic E-state index is -0.308. The zero-order valence-electron chi connectivity index (χ0n) is 12.3. The highest BCUT2D eigenvalue weighted by Gasteiger charge is 2.43. The highest BCUT2D eigenvalue weighted by atomic mass is 15.1. The Morgan fingerprint density at radius 3 is 2.63 bits per heavy atom. The van der Waals surface area contributed by atoms with Crippen molar-refractivity contribution in [3.05, 3.63) is 29.6 Å². The van der Waals surface area contributed by atoms with Crippen molar-refractivity contribution in [1.29, 1.82) is 0 Å². The monoisotopic (exact) mass is 257 g/mol. The van der Waals surface area contributed by atoms with Crippen LogP contribution in [0.25, 0.3) is 11.0 Å². The molecule has 1 unspecified atom stereocenters. The van der Waals surface area contributed by atoms with E-state index in [-0.39, 0.29) is 5.54 Å². The van der Waals surface area contributed by atoms with E-state index in [1.165, 1.54) is 23.9 Å². The molecule has 0 bridgehead atoms. The van der Waals surface area contributed by atoms with Gasteiger partial charge in [-0.1, -0.05) is 6.07 Å². The van der Waals surface area contributed by atoms with Crippen LogP contribution in [0.2, 0.25) is 0 Å². The number of hydrogen-bond acceptors (Lipinski definition) is 2. The molecule has 1 heterocycles. The van der Waals surface area contributed by atoms with E-state index in [4.69, 9.17) is 10.7 Å². The molecule has 1 aromatic carbocycles. The summed E-state index contributed by atoms with van der Waals surface area (Å²) < 4.78 is 2.31. The molecule has 1 saturated carbocycles. The summed E-state index contributed by atoms with van der Waals surface area (Å²) in [6.07, 6.45) is 2.46. The second-order valence-corrected chi connectivity index (χ2v) is 6.45. The molecule has 0 aliphatic heterocycles. The van der Waals surface area contributed by atoms with Gasteiger partial charge in [0.15, 0.2) is 0 Å². The van der Waals surface area contributed by atoms with E-state index in [2.05, 4.69) is 50.5 Å². The highest BCUT2D eigenvalue weighted by Crippen LogP contribution is 2.44. The van der Waals surface area contributed by atoms with Gasteiger partial charge in [0.1, 0.15) is 5.82 Å². The van der Waals surface area contributed by atoms with Crippen molar-refractivity contribution < 1.29 is 0 Å². The minimum Gasteiger partial charge on any atom is -0.324 e. The molecule has 1 aliphatic rings. The van der Waals surface area contributed by atoms with Crippen LogP contribution in [0, 0.1) is 12.8 Å². The smallest absolute Gasteiger partial charge is 0.130 e. The molecule has 0 radical (unpaired) electrons. The Morgan fingerprint density at radius 2 is 2.05 bits per heavy atom. The third kappa shape index (κ3) is 1.96. The van der Waals surface area contributed by atoms with Crippen LogP contribution in [0.3, 0.4) is 0 Å². The number of fused-ring (bicyclic) bond motifs is 1. The zero-order valence-corrected chi connectivity index (χ0v) is 12.3. The van der Waals surface area contributed by atoms with Crippen molar-refractivity contribution in [3.63, 3.8) is 0 Å². The van der Waals surface area contributed by atoms with Crippen LogP contribution in [0.4, 0.5) is 0 Å². The van der Waals surface area contributed by atoms with Gasteiger partial charge in [0.2, 0.25) is 0 Å². The summed E-state index contributed by atoms with van der Waals surface area (Å²) in [4.78, 5) is 4.87. The maximum Gasteiger partial charge on any atom is 0.130 e. The summed E-state index contributed by atoms with van der Waals surface area (Å²) in [5.74, 6) is 1.63. The Hall–Kier alpha value is -1.35. The lowest BCUT2D eigenvalue weighted by atomic mass is 9.96. The summed E-state index contributed by atoms with van der Waals surface area (Å²) in [5.41, 5.74) is 9.81. The van der Waals surface area contributed by atoms with Gasteiger partial charge >= 0.3 is 0 Å². The van der Waals surface area contributed by atoms with Crippen LogP contribution in [0.5, 0.6) is 0 Å². The quantitative estimate of drug-likeness (QED) is 0.914. The molecule has 1 aliphatic carbocycles. The molecule has 1 fully saturated rings. The molecule has 0 spiro atoms. The number of benzene rings is 1. The molecular weight excluding hydrogens is 234 g/mol. The van der Waals surface area contributed by atoms with Crippen LogP contribution in [-0.2, 0) is 5.54 Å². The Kier molecular flexibility index (Phi) is 2.72. The van der Waals surface area contributed by atoms with Crippen LogP contribution in [-0.4, -0.2) is 9.55 Å². The van der Waals surface area contributed by atoms with Gasteiger partial charge in [0.05, 0.1) is 16.6 Å².